The second-order valence-corrected chi connectivity index (χ2v) is 8.35. The third-order valence-corrected chi connectivity index (χ3v) is 6.20. The first-order valence-corrected chi connectivity index (χ1v) is 8.67. The minimum Gasteiger partial charge on any atom is -0.229 e. The molecule has 1 saturated heterocycles. The number of hydrogen-bond acceptors (Lipinski definition) is 2. The molecule has 1 heterocycles. The molecule has 5 heteroatoms. The summed E-state index contributed by atoms with van der Waals surface area (Å²) in [6, 6.07) is 7.71. The van der Waals surface area contributed by atoms with Crippen LogP contribution in [0.5, 0.6) is 0 Å². The molecule has 0 aliphatic carbocycles. The molecule has 1 aromatic carbocycles. The minimum atomic E-state index is -2.80. The summed E-state index contributed by atoms with van der Waals surface area (Å²) in [6.45, 7) is 0. The van der Waals surface area contributed by atoms with Crippen LogP contribution in [0.3, 0.4) is 0 Å². The molecule has 2 atom stereocenters. The quantitative estimate of drug-likeness (QED) is 0.794. The fraction of sp³-hybridized carbons (Fsp3) is 0.500. The van der Waals surface area contributed by atoms with Gasteiger partial charge in [0.15, 0.2) is 9.84 Å². The Hall–Kier alpha value is -0.0600. The van der Waals surface area contributed by atoms with Gasteiger partial charge >= 0.3 is 0 Å². The first-order chi connectivity index (χ1) is 7.96. The number of rotatable bonds is 3. The molecule has 1 aliphatic heterocycles. The maximum absolute atomic E-state index is 11.4. The van der Waals surface area contributed by atoms with Gasteiger partial charge in [-0.25, -0.2) is 8.42 Å². The summed E-state index contributed by atoms with van der Waals surface area (Å²) in [7, 11) is -2.80. The highest BCUT2D eigenvalue weighted by molar-refractivity contribution is 9.09. The highest BCUT2D eigenvalue weighted by Crippen LogP contribution is 2.29. The molecule has 94 valence electrons. The third-order valence-electron chi connectivity index (χ3n) is 3.10. The van der Waals surface area contributed by atoms with Crippen molar-refractivity contribution in [3.8, 4) is 0 Å². The number of hydrogen-bond donors (Lipinski definition) is 0. The van der Waals surface area contributed by atoms with E-state index in [1.807, 2.05) is 24.3 Å². The zero-order valence-electron chi connectivity index (χ0n) is 9.27. The van der Waals surface area contributed by atoms with Crippen molar-refractivity contribution in [1.82, 2.24) is 0 Å². The molecule has 2 rings (SSSR count). The lowest BCUT2D eigenvalue weighted by Gasteiger charge is -2.15. The second kappa shape index (κ2) is 5.29. The van der Waals surface area contributed by atoms with Crippen molar-refractivity contribution in [2.45, 2.75) is 17.7 Å². The van der Waals surface area contributed by atoms with Crippen LogP contribution in [-0.4, -0.2) is 24.8 Å². The van der Waals surface area contributed by atoms with Gasteiger partial charge in [-0.15, -0.1) is 0 Å². The van der Waals surface area contributed by atoms with Gasteiger partial charge in [-0.1, -0.05) is 39.7 Å². The molecule has 1 aliphatic rings. The van der Waals surface area contributed by atoms with Crippen molar-refractivity contribution in [1.29, 1.82) is 0 Å². The van der Waals surface area contributed by atoms with Crippen molar-refractivity contribution < 1.29 is 8.42 Å². The van der Waals surface area contributed by atoms with Gasteiger partial charge in [0.25, 0.3) is 0 Å². The van der Waals surface area contributed by atoms with Crippen LogP contribution in [0.25, 0.3) is 0 Å². The van der Waals surface area contributed by atoms with Gasteiger partial charge in [-0.2, -0.15) is 0 Å². The fourth-order valence-corrected chi connectivity index (χ4v) is 5.33. The van der Waals surface area contributed by atoms with Crippen molar-refractivity contribution in [3.05, 3.63) is 34.9 Å². The third kappa shape index (κ3) is 3.70. The van der Waals surface area contributed by atoms with E-state index in [9.17, 15) is 8.42 Å². The molecule has 2 unspecified atom stereocenters. The van der Waals surface area contributed by atoms with Gasteiger partial charge in [0, 0.05) is 9.85 Å². The van der Waals surface area contributed by atoms with E-state index >= 15 is 0 Å². The van der Waals surface area contributed by atoms with Crippen molar-refractivity contribution in [2.75, 3.05) is 11.5 Å². The van der Waals surface area contributed by atoms with Crippen molar-refractivity contribution in [3.63, 3.8) is 0 Å². The number of halogens is 2. The number of benzene rings is 1. The Bertz CT molecular complexity index is 501. The average molecular weight is 338 g/mol. The zero-order chi connectivity index (χ0) is 12.5. The van der Waals surface area contributed by atoms with Gasteiger partial charge < -0.3 is 0 Å². The Kier molecular flexibility index (Phi) is 4.16. The Balaban J connectivity index is 2.00. The van der Waals surface area contributed by atoms with Crippen molar-refractivity contribution in [2.24, 2.45) is 5.92 Å². The van der Waals surface area contributed by atoms with Gasteiger partial charge in [-0.05, 0) is 36.5 Å². The first-order valence-electron chi connectivity index (χ1n) is 5.55. The van der Waals surface area contributed by atoms with Gasteiger partial charge in [-0.3, -0.25) is 0 Å². The summed E-state index contributed by atoms with van der Waals surface area (Å²) in [6.07, 6.45) is 1.58. The summed E-state index contributed by atoms with van der Waals surface area (Å²) >= 11 is 9.53. The summed E-state index contributed by atoms with van der Waals surface area (Å²) in [5, 5.41) is 0.723. The van der Waals surface area contributed by atoms with Crippen LogP contribution < -0.4 is 0 Å². The van der Waals surface area contributed by atoms with Crippen LogP contribution in [-0.2, 0) is 16.3 Å². The molecule has 0 radical (unpaired) electrons. The van der Waals surface area contributed by atoms with Crippen LogP contribution in [0, 0.1) is 5.92 Å². The predicted molar refractivity (Wildman–Crippen MR) is 74.6 cm³/mol. The zero-order valence-corrected chi connectivity index (χ0v) is 12.4. The van der Waals surface area contributed by atoms with E-state index in [4.69, 9.17) is 11.6 Å². The standard InChI is InChI=1S/C12H14BrClO2S/c13-12(10-4-5-17(15,16)8-10)7-9-2-1-3-11(14)6-9/h1-3,6,10,12H,4-5,7-8H2. The van der Waals surface area contributed by atoms with Gasteiger partial charge in [0.1, 0.15) is 0 Å². The normalized spacial score (nSPS) is 24.7. The maximum atomic E-state index is 11.4. The van der Waals surface area contributed by atoms with Crippen LogP contribution >= 0.6 is 27.5 Å². The summed E-state index contributed by atoms with van der Waals surface area (Å²) < 4.78 is 22.8. The lowest BCUT2D eigenvalue weighted by molar-refractivity contribution is 0.563. The van der Waals surface area contributed by atoms with E-state index in [0.29, 0.717) is 11.5 Å². The molecule has 0 saturated carbocycles. The summed E-state index contributed by atoms with van der Waals surface area (Å²) in [5.74, 6) is 0.859. The Morgan fingerprint density at radius 1 is 1.47 bits per heavy atom. The molecule has 2 nitrogen and oxygen atoms in total. The van der Waals surface area contributed by atoms with E-state index in [-0.39, 0.29) is 10.7 Å². The molecule has 0 bridgehead atoms. The molecule has 0 aromatic heterocycles. The fourth-order valence-electron chi connectivity index (χ4n) is 2.16. The lowest BCUT2D eigenvalue weighted by atomic mass is 9.99. The van der Waals surface area contributed by atoms with Crippen LogP contribution in [0.1, 0.15) is 12.0 Å². The minimum absolute atomic E-state index is 0.207. The monoisotopic (exact) mass is 336 g/mol. The van der Waals surface area contributed by atoms with E-state index in [1.165, 1.54) is 0 Å². The number of sulfone groups is 1. The molecule has 0 amide bonds. The summed E-state index contributed by atoms with van der Waals surface area (Å²) in [5.41, 5.74) is 1.14. The smallest absolute Gasteiger partial charge is 0.150 e. The van der Waals surface area contributed by atoms with Crippen molar-refractivity contribution >= 4 is 37.4 Å². The molecule has 17 heavy (non-hydrogen) atoms. The van der Waals surface area contributed by atoms with Gasteiger partial charge in [0.05, 0.1) is 11.5 Å². The van der Waals surface area contributed by atoms with Crippen LogP contribution in [0.4, 0.5) is 0 Å². The maximum Gasteiger partial charge on any atom is 0.150 e. The second-order valence-electron chi connectivity index (χ2n) is 4.51. The molecular weight excluding hydrogens is 324 g/mol. The Morgan fingerprint density at radius 2 is 2.24 bits per heavy atom. The van der Waals surface area contributed by atoms with Crippen LogP contribution in [0.15, 0.2) is 24.3 Å². The molecular formula is C12H14BrClO2S. The molecule has 0 N–H and O–H groups in total. The van der Waals surface area contributed by atoms with Crippen LogP contribution in [0.2, 0.25) is 5.02 Å². The Morgan fingerprint density at radius 3 is 2.82 bits per heavy atom. The largest absolute Gasteiger partial charge is 0.229 e. The topological polar surface area (TPSA) is 34.1 Å². The van der Waals surface area contributed by atoms with E-state index in [0.717, 1.165) is 23.4 Å². The Labute approximate surface area is 115 Å². The average Bonchev–Trinajstić information content (AvgIpc) is 2.59. The predicted octanol–water partition coefficient (Wildman–Crippen LogP) is 3.08. The number of alkyl halides is 1. The molecule has 1 aromatic rings. The lowest BCUT2D eigenvalue weighted by Crippen LogP contribution is -2.18. The van der Waals surface area contributed by atoms with E-state index < -0.39 is 9.84 Å². The molecule has 0 spiro atoms. The van der Waals surface area contributed by atoms with Gasteiger partial charge in [0.2, 0.25) is 0 Å². The first kappa shape index (κ1) is 13.4. The van der Waals surface area contributed by atoms with E-state index in [1.54, 1.807) is 0 Å². The van der Waals surface area contributed by atoms with E-state index in [2.05, 4.69) is 15.9 Å². The molecule has 1 fully saturated rings. The highest BCUT2D eigenvalue weighted by Gasteiger charge is 2.32. The highest BCUT2D eigenvalue weighted by atomic mass is 79.9. The summed E-state index contributed by atoms with van der Waals surface area (Å²) in [4.78, 5) is 0.207. The SMILES string of the molecule is O=S1(=O)CCC(C(Br)Cc2cccc(Cl)c2)C1.